The Labute approximate surface area is 198 Å². The summed E-state index contributed by atoms with van der Waals surface area (Å²) in [4.78, 5) is 51.5. The van der Waals surface area contributed by atoms with Crippen molar-refractivity contribution in [3.8, 4) is 0 Å². The number of carbonyl (C=O) groups excluding carboxylic acids is 3. The van der Waals surface area contributed by atoms with Crippen LogP contribution >= 0.6 is 0 Å². The molecule has 2 aromatic carbocycles. The normalized spacial score (nSPS) is 15.2. The maximum absolute atomic E-state index is 14.7. The number of imide groups is 3. The Morgan fingerprint density at radius 1 is 1.00 bits per heavy atom. The fraction of sp³-hybridized carbons (Fsp3) is 0.192. The number of aromatic amines is 1. The first-order valence-corrected chi connectivity index (χ1v) is 11.3. The second kappa shape index (κ2) is 7.83. The number of fused-ring (bicyclic) bond motifs is 2. The van der Waals surface area contributed by atoms with Crippen LogP contribution in [0.15, 0.2) is 59.7 Å². The molecule has 2 aliphatic rings. The molecule has 1 aliphatic heterocycles. The van der Waals surface area contributed by atoms with Crippen molar-refractivity contribution >= 4 is 28.5 Å². The predicted octanol–water partition coefficient (Wildman–Crippen LogP) is 3.30. The Kier molecular flexibility index (Phi) is 4.73. The van der Waals surface area contributed by atoms with Crippen LogP contribution in [0.25, 0.3) is 10.8 Å². The van der Waals surface area contributed by atoms with Crippen LogP contribution < -0.4 is 5.56 Å². The second-order valence-electron chi connectivity index (χ2n) is 9.01. The van der Waals surface area contributed by atoms with E-state index in [9.17, 15) is 23.6 Å². The first-order valence-electron chi connectivity index (χ1n) is 11.3. The van der Waals surface area contributed by atoms with Crippen LogP contribution in [-0.4, -0.2) is 37.4 Å². The highest BCUT2D eigenvalue weighted by molar-refractivity contribution is 6.31. The van der Waals surface area contributed by atoms with Gasteiger partial charge in [0.15, 0.2) is 0 Å². The minimum absolute atomic E-state index is 0.157. The van der Waals surface area contributed by atoms with Crippen molar-refractivity contribution in [3.63, 3.8) is 0 Å². The number of benzene rings is 2. The van der Waals surface area contributed by atoms with Gasteiger partial charge < -0.3 is 4.57 Å². The van der Waals surface area contributed by atoms with Gasteiger partial charge in [0.25, 0.3) is 23.3 Å². The monoisotopic (exact) mass is 470 g/mol. The summed E-state index contributed by atoms with van der Waals surface area (Å²) in [7, 11) is 0. The zero-order valence-electron chi connectivity index (χ0n) is 18.5. The molecular weight excluding hydrogens is 451 g/mol. The fourth-order valence-electron chi connectivity index (χ4n) is 4.54. The fourth-order valence-corrected chi connectivity index (χ4v) is 4.54. The molecule has 3 heterocycles. The van der Waals surface area contributed by atoms with E-state index in [1.807, 2.05) is 4.57 Å². The molecule has 0 bridgehead atoms. The molecule has 9 heteroatoms. The highest BCUT2D eigenvalue weighted by atomic mass is 19.1. The Balaban J connectivity index is 1.30. The van der Waals surface area contributed by atoms with E-state index >= 15 is 0 Å². The molecule has 0 spiro atoms. The van der Waals surface area contributed by atoms with Gasteiger partial charge in [0.1, 0.15) is 5.82 Å². The van der Waals surface area contributed by atoms with E-state index in [0.29, 0.717) is 32.8 Å². The zero-order valence-corrected chi connectivity index (χ0v) is 18.5. The highest BCUT2D eigenvalue weighted by Gasteiger charge is 2.42. The molecule has 0 radical (unpaired) electrons. The Morgan fingerprint density at radius 3 is 2.37 bits per heavy atom. The summed E-state index contributed by atoms with van der Waals surface area (Å²) in [6.45, 7) is 0.728. The summed E-state index contributed by atoms with van der Waals surface area (Å²) >= 11 is 0. The van der Waals surface area contributed by atoms with Crippen LogP contribution in [0.3, 0.4) is 0 Å². The lowest BCUT2D eigenvalue weighted by molar-refractivity contribution is 0.0563. The van der Waals surface area contributed by atoms with Crippen molar-refractivity contribution in [1.29, 1.82) is 0 Å². The third kappa shape index (κ3) is 3.56. The molecule has 0 unspecified atom stereocenters. The van der Waals surface area contributed by atoms with Gasteiger partial charge in [0.05, 0.1) is 27.8 Å². The average Bonchev–Trinajstić information content (AvgIpc) is 3.52. The van der Waals surface area contributed by atoms with Gasteiger partial charge >= 0.3 is 0 Å². The molecule has 174 valence electrons. The number of rotatable bonds is 5. The zero-order chi connectivity index (χ0) is 24.3. The Hall–Kier alpha value is -4.40. The minimum Gasteiger partial charge on any atom is -0.352 e. The van der Waals surface area contributed by atoms with Crippen LogP contribution in [0, 0.1) is 11.7 Å². The lowest BCUT2D eigenvalue weighted by Crippen LogP contribution is -2.37. The molecule has 1 N–H and O–H groups in total. The highest BCUT2D eigenvalue weighted by Crippen LogP contribution is 2.33. The molecule has 1 fully saturated rings. The predicted molar refractivity (Wildman–Crippen MR) is 124 cm³/mol. The quantitative estimate of drug-likeness (QED) is 0.451. The largest absolute Gasteiger partial charge is 0.352 e. The van der Waals surface area contributed by atoms with E-state index in [-0.39, 0.29) is 28.7 Å². The molecule has 1 saturated carbocycles. The van der Waals surface area contributed by atoms with E-state index in [0.717, 1.165) is 25.5 Å². The van der Waals surface area contributed by atoms with Gasteiger partial charge in [-0.2, -0.15) is 5.10 Å². The molecule has 35 heavy (non-hydrogen) atoms. The van der Waals surface area contributed by atoms with E-state index < -0.39 is 23.5 Å². The van der Waals surface area contributed by atoms with Crippen LogP contribution in [0.2, 0.25) is 0 Å². The van der Waals surface area contributed by atoms with Crippen molar-refractivity contribution in [2.75, 3.05) is 0 Å². The summed E-state index contributed by atoms with van der Waals surface area (Å²) < 4.78 is 16.5. The number of hydrogen-bond acceptors (Lipinski definition) is 5. The van der Waals surface area contributed by atoms with Gasteiger partial charge in [-0.25, -0.2) is 14.4 Å². The van der Waals surface area contributed by atoms with E-state index in [1.165, 1.54) is 12.1 Å². The van der Waals surface area contributed by atoms with Gasteiger partial charge in [-0.05, 0) is 42.5 Å². The molecule has 0 saturated heterocycles. The summed E-state index contributed by atoms with van der Waals surface area (Å²) in [5.74, 6) is -2.79. The number of nitrogens with one attached hydrogen (secondary N) is 1. The van der Waals surface area contributed by atoms with Gasteiger partial charge in [0.2, 0.25) is 0 Å². The number of carbonyl (C=O) groups is 3. The van der Waals surface area contributed by atoms with Crippen molar-refractivity contribution in [3.05, 3.63) is 99.0 Å². The first kappa shape index (κ1) is 21.2. The Bertz CT molecular complexity index is 1580. The van der Waals surface area contributed by atoms with Crippen LogP contribution in [-0.2, 0) is 13.0 Å². The van der Waals surface area contributed by atoms with Crippen molar-refractivity contribution < 1.29 is 18.8 Å². The number of nitrogens with zero attached hydrogens (tertiary/aromatic N) is 3. The van der Waals surface area contributed by atoms with Gasteiger partial charge in [-0.3, -0.25) is 19.2 Å². The SMILES string of the molecule is O=C(c1cc(Cc2n[nH]c(=O)c3ccccc23)ccc1F)N1C(=O)c2cn(CC3CC3)cc2C1=O. The van der Waals surface area contributed by atoms with Gasteiger partial charge in [0, 0.05) is 30.7 Å². The number of amides is 3. The number of aromatic nitrogens is 3. The van der Waals surface area contributed by atoms with E-state index in [2.05, 4.69) is 10.2 Å². The summed E-state index contributed by atoms with van der Waals surface area (Å²) in [6.07, 6.45) is 5.61. The summed E-state index contributed by atoms with van der Waals surface area (Å²) in [5, 5.41) is 7.67. The van der Waals surface area contributed by atoms with Crippen molar-refractivity contribution in [2.45, 2.75) is 25.8 Å². The molecule has 0 atom stereocenters. The molecule has 8 nitrogen and oxygen atoms in total. The van der Waals surface area contributed by atoms with Crippen LogP contribution in [0.4, 0.5) is 4.39 Å². The standard InChI is InChI=1S/C26H19FN4O4/c27-21-8-7-15(10-22-16-3-1-2-4-17(16)23(32)29-28-22)9-18(21)24(33)31-25(34)19-12-30(11-14-5-6-14)13-20(19)26(31)35/h1-4,7-9,12-14H,5-6,10-11H2,(H,29,32). The van der Waals surface area contributed by atoms with Crippen molar-refractivity contribution in [2.24, 2.45) is 5.92 Å². The molecule has 4 aromatic rings. The van der Waals surface area contributed by atoms with Gasteiger partial charge in [-0.15, -0.1) is 0 Å². The third-order valence-electron chi connectivity index (χ3n) is 6.52. The average molecular weight is 470 g/mol. The second-order valence-corrected chi connectivity index (χ2v) is 9.01. The molecule has 3 amide bonds. The molecular formula is C26H19FN4O4. The first-order chi connectivity index (χ1) is 16.9. The van der Waals surface area contributed by atoms with Crippen LogP contribution in [0.1, 0.15) is 55.2 Å². The maximum atomic E-state index is 14.7. The molecule has 2 aromatic heterocycles. The van der Waals surface area contributed by atoms with Gasteiger partial charge in [-0.1, -0.05) is 24.3 Å². The van der Waals surface area contributed by atoms with E-state index in [4.69, 9.17) is 0 Å². The topological polar surface area (TPSA) is 105 Å². The molecule has 1 aliphatic carbocycles. The Morgan fingerprint density at radius 2 is 1.69 bits per heavy atom. The van der Waals surface area contributed by atoms with Crippen LogP contribution in [0.5, 0.6) is 0 Å². The number of halogens is 1. The summed E-state index contributed by atoms with van der Waals surface area (Å²) in [5.41, 5.74) is 0.685. The van der Waals surface area contributed by atoms with E-state index in [1.54, 1.807) is 36.7 Å². The number of H-pyrrole nitrogens is 1. The summed E-state index contributed by atoms with van der Waals surface area (Å²) in [6, 6.07) is 10.9. The maximum Gasteiger partial charge on any atom is 0.272 e. The number of hydrogen-bond donors (Lipinski definition) is 1. The lowest BCUT2D eigenvalue weighted by atomic mass is 10.0. The smallest absolute Gasteiger partial charge is 0.272 e. The lowest BCUT2D eigenvalue weighted by Gasteiger charge is -2.14. The minimum atomic E-state index is -1.01. The van der Waals surface area contributed by atoms with Crippen molar-refractivity contribution in [1.82, 2.24) is 19.7 Å². The molecule has 6 rings (SSSR count). The third-order valence-corrected chi connectivity index (χ3v) is 6.52.